The summed E-state index contributed by atoms with van der Waals surface area (Å²) in [7, 11) is 0. The zero-order valence-electron chi connectivity index (χ0n) is 17.4. The summed E-state index contributed by atoms with van der Waals surface area (Å²) in [4.78, 5) is 2.43. The summed E-state index contributed by atoms with van der Waals surface area (Å²) in [5.74, 6) is 0.206. The van der Waals surface area contributed by atoms with Crippen molar-refractivity contribution in [3.8, 4) is 0 Å². The van der Waals surface area contributed by atoms with Crippen molar-refractivity contribution in [3.63, 3.8) is 0 Å². The Morgan fingerprint density at radius 1 is 1.10 bits per heavy atom. The molecule has 0 bridgehead atoms. The van der Waals surface area contributed by atoms with Crippen LogP contribution in [0.4, 0.5) is 11.4 Å². The number of benzene rings is 2. The van der Waals surface area contributed by atoms with Gasteiger partial charge in [0.25, 0.3) is 0 Å². The van der Waals surface area contributed by atoms with Crippen LogP contribution in [0.5, 0.6) is 0 Å². The van der Waals surface area contributed by atoms with Crippen LogP contribution in [-0.2, 0) is 0 Å². The van der Waals surface area contributed by atoms with Gasteiger partial charge in [-0.1, -0.05) is 72.9 Å². The number of rotatable bonds is 5. The van der Waals surface area contributed by atoms with E-state index in [1.165, 1.54) is 39.2 Å². The lowest BCUT2D eigenvalue weighted by molar-refractivity contribution is 0.726. The molecule has 0 amide bonds. The van der Waals surface area contributed by atoms with Crippen LogP contribution in [0.2, 0.25) is 0 Å². The van der Waals surface area contributed by atoms with E-state index in [9.17, 15) is 0 Å². The van der Waals surface area contributed by atoms with E-state index in [1.54, 1.807) is 0 Å². The van der Waals surface area contributed by atoms with Crippen LogP contribution in [0.3, 0.4) is 0 Å². The van der Waals surface area contributed by atoms with E-state index >= 15 is 0 Å². The monoisotopic (exact) mass is 379 g/mol. The number of allylic oxidation sites excluding steroid dienone is 6. The maximum atomic E-state index is 4.46. The van der Waals surface area contributed by atoms with Crippen molar-refractivity contribution < 1.29 is 0 Å². The van der Waals surface area contributed by atoms with Gasteiger partial charge in [0.1, 0.15) is 0 Å². The molecule has 2 aliphatic rings. The van der Waals surface area contributed by atoms with Gasteiger partial charge in [-0.2, -0.15) is 0 Å². The molecule has 0 saturated heterocycles. The van der Waals surface area contributed by atoms with Crippen molar-refractivity contribution in [3.05, 3.63) is 114 Å². The molecular weight excluding hydrogens is 350 g/mol. The highest BCUT2D eigenvalue weighted by Crippen LogP contribution is 2.49. The zero-order valence-corrected chi connectivity index (χ0v) is 17.4. The van der Waals surface area contributed by atoms with Crippen LogP contribution in [0.25, 0.3) is 5.57 Å². The normalized spacial score (nSPS) is 21.0. The molecule has 146 valence electrons. The van der Waals surface area contributed by atoms with Gasteiger partial charge < -0.3 is 4.90 Å². The second-order valence-corrected chi connectivity index (χ2v) is 7.82. The van der Waals surface area contributed by atoms with Crippen LogP contribution in [0.15, 0.2) is 103 Å². The quantitative estimate of drug-likeness (QED) is 0.379. The van der Waals surface area contributed by atoms with Gasteiger partial charge in [0.2, 0.25) is 0 Å². The number of anilines is 2. The summed E-state index contributed by atoms with van der Waals surface area (Å²) in [5, 5.41) is 0. The molecule has 1 heterocycles. The maximum absolute atomic E-state index is 4.46. The van der Waals surface area contributed by atoms with Crippen molar-refractivity contribution in [1.29, 1.82) is 0 Å². The van der Waals surface area contributed by atoms with E-state index in [2.05, 4.69) is 111 Å². The summed E-state index contributed by atoms with van der Waals surface area (Å²) in [6.45, 7) is 12.9. The molecule has 29 heavy (non-hydrogen) atoms. The highest BCUT2D eigenvalue weighted by atomic mass is 15.2. The van der Waals surface area contributed by atoms with Crippen molar-refractivity contribution in [2.24, 2.45) is 0 Å². The average Bonchev–Trinajstić information content (AvgIpc) is 3.13. The fraction of sp³-hybridized carbons (Fsp3) is 0.214. The summed E-state index contributed by atoms with van der Waals surface area (Å²) >= 11 is 0. The molecule has 4 rings (SSSR count). The number of fused-ring (bicyclic) bond motifs is 1. The van der Waals surface area contributed by atoms with Crippen LogP contribution in [0.1, 0.15) is 43.7 Å². The van der Waals surface area contributed by atoms with Crippen molar-refractivity contribution in [2.45, 2.75) is 38.6 Å². The lowest BCUT2D eigenvalue weighted by atomic mass is 9.84. The second-order valence-electron chi connectivity index (χ2n) is 7.82. The van der Waals surface area contributed by atoms with E-state index in [-0.39, 0.29) is 12.0 Å². The third-order valence-corrected chi connectivity index (χ3v) is 6.18. The number of hydrogen-bond donors (Lipinski definition) is 0. The van der Waals surface area contributed by atoms with E-state index in [0.717, 1.165) is 12.8 Å². The van der Waals surface area contributed by atoms with E-state index in [4.69, 9.17) is 0 Å². The molecule has 1 aliphatic heterocycles. The Kier molecular flexibility index (Phi) is 5.40. The molecule has 0 fully saturated rings. The van der Waals surface area contributed by atoms with Crippen LogP contribution >= 0.6 is 0 Å². The Bertz CT molecular complexity index is 1030. The highest BCUT2D eigenvalue weighted by molar-refractivity contribution is 5.81. The first kappa shape index (κ1) is 19.3. The Balaban J connectivity index is 1.82. The molecule has 2 unspecified atom stereocenters. The molecule has 0 aromatic heterocycles. The first-order valence-corrected chi connectivity index (χ1v) is 10.5. The molecule has 1 aliphatic carbocycles. The van der Waals surface area contributed by atoms with Crippen molar-refractivity contribution in [2.75, 3.05) is 4.90 Å². The SMILES string of the molecule is C=CC1C(C(=C)/C(C)=C/C)c2ccccc2N1c1cccc(C2=CCCC=C2)c1. The second kappa shape index (κ2) is 8.13. The maximum Gasteiger partial charge on any atom is 0.0629 e. The predicted octanol–water partition coefficient (Wildman–Crippen LogP) is 7.73. The Morgan fingerprint density at radius 3 is 2.66 bits per heavy atom. The van der Waals surface area contributed by atoms with E-state index < -0.39 is 0 Å². The predicted molar refractivity (Wildman–Crippen MR) is 127 cm³/mol. The Morgan fingerprint density at radius 2 is 1.93 bits per heavy atom. The van der Waals surface area contributed by atoms with Crippen molar-refractivity contribution >= 4 is 16.9 Å². The minimum Gasteiger partial charge on any atom is -0.333 e. The minimum atomic E-state index is 0.140. The third kappa shape index (κ3) is 3.42. The largest absolute Gasteiger partial charge is 0.333 e. The molecule has 0 N–H and O–H groups in total. The van der Waals surface area contributed by atoms with Gasteiger partial charge >= 0.3 is 0 Å². The van der Waals surface area contributed by atoms with Crippen LogP contribution in [-0.4, -0.2) is 6.04 Å². The molecule has 1 heteroatoms. The molecular formula is C28H29N. The molecule has 0 spiro atoms. The van der Waals surface area contributed by atoms with Crippen LogP contribution < -0.4 is 4.90 Å². The number of nitrogens with zero attached hydrogens (tertiary/aromatic N) is 1. The summed E-state index contributed by atoms with van der Waals surface area (Å²) in [5.41, 5.74) is 8.76. The van der Waals surface area contributed by atoms with Gasteiger partial charge in [0.05, 0.1) is 6.04 Å². The molecule has 2 aromatic rings. The fourth-order valence-corrected chi connectivity index (χ4v) is 4.50. The summed E-state index contributed by atoms with van der Waals surface area (Å²) < 4.78 is 0. The Hall–Kier alpha value is -3.06. The van der Waals surface area contributed by atoms with E-state index in [0.29, 0.717) is 0 Å². The third-order valence-electron chi connectivity index (χ3n) is 6.18. The first-order chi connectivity index (χ1) is 14.2. The lowest BCUT2D eigenvalue weighted by Crippen LogP contribution is -2.29. The van der Waals surface area contributed by atoms with Gasteiger partial charge in [0, 0.05) is 17.3 Å². The van der Waals surface area contributed by atoms with Gasteiger partial charge in [-0.25, -0.2) is 0 Å². The summed E-state index contributed by atoms with van der Waals surface area (Å²) in [6.07, 6.45) is 13.3. The minimum absolute atomic E-state index is 0.140. The Labute approximate surface area is 175 Å². The molecule has 0 radical (unpaired) electrons. The molecule has 1 nitrogen and oxygen atoms in total. The smallest absolute Gasteiger partial charge is 0.0629 e. The van der Waals surface area contributed by atoms with Crippen molar-refractivity contribution in [1.82, 2.24) is 0 Å². The highest BCUT2D eigenvalue weighted by Gasteiger charge is 2.39. The molecule has 0 saturated carbocycles. The molecule has 2 aromatic carbocycles. The topological polar surface area (TPSA) is 3.24 Å². The summed E-state index contributed by atoms with van der Waals surface area (Å²) in [6, 6.07) is 17.7. The zero-order chi connectivity index (χ0) is 20.4. The van der Waals surface area contributed by atoms with Gasteiger partial charge in [-0.15, -0.1) is 6.58 Å². The first-order valence-electron chi connectivity index (χ1n) is 10.5. The molecule has 2 atom stereocenters. The van der Waals surface area contributed by atoms with Gasteiger partial charge in [-0.3, -0.25) is 0 Å². The van der Waals surface area contributed by atoms with Gasteiger partial charge in [-0.05, 0) is 67.2 Å². The van der Waals surface area contributed by atoms with E-state index in [1.807, 2.05) is 0 Å². The average molecular weight is 380 g/mol. The number of hydrogen-bond acceptors (Lipinski definition) is 1. The standard InChI is InChI=1S/C28H29N/c1-5-20(3)21(4)28-25-17-10-11-18-27(25)29(26(28)6-2)24-16-12-15-23(19-24)22-13-8-7-9-14-22/h5-6,8,10-19,26,28H,2,4,7,9H2,1,3H3/b20-5+. The number of para-hydroxylation sites is 1. The van der Waals surface area contributed by atoms with Gasteiger partial charge in [0.15, 0.2) is 0 Å². The fourth-order valence-electron chi connectivity index (χ4n) is 4.50. The van der Waals surface area contributed by atoms with Crippen LogP contribution in [0, 0.1) is 0 Å². The lowest BCUT2D eigenvalue weighted by Gasteiger charge is -2.29.